The summed E-state index contributed by atoms with van der Waals surface area (Å²) in [5, 5.41) is 10.3. The Bertz CT molecular complexity index is 1030. The van der Waals surface area contributed by atoms with E-state index in [0.717, 1.165) is 27.5 Å². The predicted octanol–water partition coefficient (Wildman–Crippen LogP) is 4.50. The lowest BCUT2D eigenvalue weighted by Gasteiger charge is -2.17. The van der Waals surface area contributed by atoms with E-state index >= 15 is 0 Å². The van der Waals surface area contributed by atoms with E-state index in [1.165, 1.54) is 0 Å². The first-order valence-electron chi connectivity index (χ1n) is 9.27. The molecule has 0 aliphatic rings. The van der Waals surface area contributed by atoms with Crippen LogP contribution in [0.4, 0.5) is 0 Å². The highest BCUT2D eigenvalue weighted by Gasteiger charge is 2.23. The number of aryl methyl sites for hydroxylation is 2. The first-order valence-corrected chi connectivity index (χ1v) is 9.27. The zero-order valence-corrected chi connectivity index (χ0v) is 16.8. The Labute approximate surface area is 164 Å². The molecule has 0 aliphatic heterocycles. The van der Waals surface area contributed by atoms with Crippen LogP contribution in [-0.2, 0) is 4.74 Å². The number of ether oxygens (including phenoxy) is 3. The van der Waals surface area contributed by atoms with Gasteiger partial charge in [0.1, 0.15) is 11.4 Å². The monoisotopic (exact) mass is 380 g/mol. The second-order valence-corrected chi connectivity index (χ2v) is 6.32. The minimum absolute atomic E-state index is 0.315. The summed E-state index contributed by atoms with van der Waals surface area (Å²) in [5.74, 6) is 0.753. The lowest BCUT2D eigenvalue weighted by atomic mass is 9.94. The maximum Gasteiger partial charge on any atom is 0.338 e. The molecule has 1 heterocycles. The van der Waals surface area contributed by atoms with E-state index in [-0.39, 0.29) is 5.97 Å². The van der Waals surface area contributed by atoms with Crippen molar-refractivity contribution in [3.8, 4) is 22.9 Å². The van der Waals surface area contributed by atoms with Gasteiger partial charge >= 0.3 is 5.97 Å². The summed E-state index contributed by atoms with van der Waals surface area (Å²) in [6, 6.07) is 9.59. The van der Waals surface area contributed by atoms with Gasteiger partial charge in [-0.25, -0.2) is 4.79 Å². The molecule has 0 unspecified atom stereocenters. The molecule has 0 saturated heterocycles. The van der Waals surface area contributed by atoms with Crippen LogP contribution in [0.25, 0.3) is 22.0 Å². The quantitative estimate of drug-likeness (QED) is 0.587. The minimum atomic E-state index is -0.350. The van der Waals surface area contributed by atoms with Crippen LogP contribution >= 0.6 is 0 Å². The lowest BCUT2D eigenvalue weighted by molar-refractivity contribution is 0.0525. The van der Waals surface area contributed by atoms with Crippen LogP contribution in [0, 0.1) is 13.8 Å². The van der Waals surface area contributed by atoms with Gasteiger partial charge in [0.05, 0.1) is 31.3 Å². The van der Waals surface area contributed by atoms with Crippen LogP contribution < -0.4 is 9.47 Å². The summed E-state index contributed by atoms with van der Waals surface area (Å²) in [7, 11) is 1.62. The summed E-state index contributed by atoms with van der Waals surface area (Å²) in [6.07, 6.45) is 0. The Hall–Kier alpha value is -3.15. The number of esters is 1. The molecule has 3 aromatic rings. The van der Waals surface area contributed by atoms with Gasteiger partial charge in [0.15, 0.2) is 0 Å². The van der Waals surface area contributed by atoms with Gasteiger partial charge in [-0.3, -0.25) is 0 Å². The smallest absolute Gasteiger partial charge is 0.338 e. The molecule has 6 nitrogen and oxygen atoms in total. The molecule has 0 fully saturated rings. The molecular weight excluding hydrogens is 356 g/mol. The topological polar surface area (TPSA) is 70.5 Å². The van der Waals surface area contributed by atoms with Crippen molar-refractivity contribution in [1.82, 2.24) is 10.2 Å². The number of hydrogen-bond donors (Lipinski definition) is 0. The summed E-state index contributed by atoms with van der Waals surface area (Å²) >= 11 is 0. The van der Waals surface area contributed by atoms with Crippen molar-refractivity contribution in [1.29, 1.82) is 0 Å². The first kappa shape index (κ1) is 19.6. The molecular formula is C22H24N2O4. The first-order chi connectivity index (χ1) is 13.5. The van der Waals surface area contributed by atoms with E-state index in [0.29, 0.717) is 36.1 Å². The second-order valence-electron chi connectivity index (χ2n) is 6.32. The van der Waals surface area contributed by atoms with Gasteiger partial charge in [0.2, 0.25) is 5.88 Å². The highest BCUT2D eigenvalue weighted by atomic mass is 16.5. The SMILES string of the molecule is CCOC(=O)c1c(C)cc2c(-c3ccccc3OC)nnc(OCC)c2c1C. The zero-order valence-electron chi connectivity index (χ0n) is 16.8. The molecule has 0 spiro atoms. The molecule has 146 valence electrons. The van der Waals surface area contributed by atoms with Crippen LogP contribution in [0.15, 0.2) is 30.3 Å². The Morgan fingerprint density at radius 2 is 1.82 bits per heavy atom. The molecule has 0 radical (unpaired) electrons. The molecule has 6 heteroatoms. The standard InChI is InChI=1S/C22H24N2O4/c1-6-27-21-19-14(4)18(22(25)28-7-2)13(3)12-16(19)20(23-24-21)15-10-8-9-11-17(15)26-5/h8-12H,6-7H2,1-5H3. The number of fused-ring (bicyclic) bond motifs is 1. The van der Waals surface area contributed by atoms with E-state index in [2.05, 4.69) is 10.2 Å². The van der Waals surface area contributed by atoms with Gasteiger partial charge in [-0.15, -0.1) is 10.2 Å². The van der Waals surface area contributed by atoms with Crippen molar-refractivity contribution >= 4 is 16.7 Å². The Kier molecular flexibility index (Phi) is 5.78. The normalized spacial score (nSPS) is 10.8. The van der Waals surface area contributed by atoms with Gasteiger partial charge < -0.3 is 14.2 Å². The third-order valence-corrected chi connectivity index (χ3v) is 4.61. The molecule has 0 aliphatic carbocycles. The Balaban J connectivity index is 2.38. The molecule has 2 aromatic carbocycles. The number of carbonyl (C=O) groups is 1. The number of benzene rings is 2. The number of nitrogens with zero attached hydrogens (tertiary/aromatic N) is 2. The fraction of sp³-hybridized carbons (Fsp3) is 0.318. The number of aromatic nitrogens is 2. The average Bonchev–Trinajstić information content (AvgIpc) is 2.68. The largest absolute Gasteiger partial charge is 0.496 e. The lowest BCUT2D eigenvalue weighted by Crippen LogP contribution is -2.11. The van der Waals surface area contributed by atoms with Crippen molar-refractivity contribution in [2.45, 2.75) is 27.7 Å². The zero-order chi connectivity index (χ0) is 20.3. The third kappa shape index (κ3) is 3.38. The Morgan fingerprint density at radius 3 is 2.50 bits per heavy atom. The number of hydrogen-bond acceptors (Lipinski definition) is 6. The minimum Gasteiger partial charge on any atom is -0.496 e. The molecule has 0 amide bonds. The molecule has 0 bridgehead atoms. The summed E-state index contributed by atoms with van der Waals surface area (Å²) in [6.45, 7) is 8.22. The maximum atomic E-state index is 12.5. The van der Waals surface area contributed by atoms with Crippen molar-refractivity contribution in [2.24, 2.45) is 0 Å². The molecule has 1 aromatic heterocycles. The van der Waals surface area contributed by atoms with Gasteiger partial charge in [-0.05, 0) is 57.0 Å². The second kappa shape index (κ2) is 8.25. The van der Waals surface area contributed by atoms with E-state index < -0.39 is 0 Å². The van der Waals surface area contributed by atoms with Crippen LogP contribution in [0.1, 0.15) is 35.3 Å². The van der Waals surface area contributed by atoms with Crippen LogP contribution in [0.3, 0.4) is 0 Å². The number of para-hydroxylation sites is 1. The average molecular weight is 380 g/mol. The van der Waals surface area contributed by atoms with Crippen molar-refractivity contribution in [3.63, 3.8) is 0 Å². The van der Waals surface area contributed by atoms with Gasteiger partial charge in [-0.2, -0.15) is 0 Å². The molecule has 0 saturated carbocycles. The summed E-state index contributed by atoms with van der Waals surface area (Å²) in [5.41, 5.74) is 3.62. The third-order valence-electron chi connectivity index (χ3n) is 4.61. The van der Waals surface area contributed by atoms with Crippen molar-refractivity contribution in [2.75, 3.05) is 20.3 Å². The van der Waals surface area contributed by atoms with Crippen LogP contribution in [0.2, 0.25) is 0 Å². The molecule has 3 rings (SSSR count). The summed E-state index contributed by atoms with van der Waals surface area (Å²) in [4.78, 5) is 12.5. The highest BCUT2D eigenvalue weighted by molar-refractivity contribution is 6.06. The number of carbonyl (C=O) groups excluding carboxylic acids is 1. The van der Waals surface area contributed by atoms with E-state index in [4.69, 9.17) is 14.2 Å². The summed E-state index contributed by atoms with van der Waals surface area (Å²) < 4.78 is 16.5. The van der Waals surface area contributed by atoms with E-state index in [1.54, 1.807) is 14.0 Å². The maximum absolute atomic E-state index is 12.5. The van der Waals surface area contributed by atoms with Gasteiger partial charge in [0, 0.05) is 10.9 Å². The molecule has 28 heavy (non-hydrogen) atoms. The van der Waals surface area contributed by atoms with Crippen molar-refractivity contribution in [3.05, 3.63) is 47.0 Å². The fourth-order valence-corrected chi connectivity index (χ4v) is 3.44. The Morgan fingerprint density at radius 1 is 1.07 bits per heavy atom. The van der Waals surface area contributed by atoms with E-state index in [1.807, 2.05) is 51.1 Å². The molecule has 0 atom stereocenters. The van der Waals surface area contributed by atoms with Crippen LogP contribution in [0.5, 0.6) is 11.6 Å². The number of methoxy groups -OCH3 is 1. The highest BCUT2D eigenvalue weighted by Crippen LogP contribution is 2.39. The van der Waals surface area contributed by atoms with Crippen molar-refractivity contribution < 1.29 is 19.0 Å². The number of rotatable bonds is 6. The predicted molar refractivity (Wildman–Crippen MR) is 108 cm³/mol. The van der Waals surface area contributed by atoms with E-state index in [9.17, 15) is 4.79 Å². The van der Waals surface area contributed by atoms with Gasteiger partial charge in [0.25, 0.3) is 0 Å². The fourth-order valence-electron chi connectivity index (χ4n) is 3.44. The van der Waals surface area contributed by atoms with Gasteiger partial charge in [-0.1, -0.05) is 12.1 Å². The molecule has 0 N–H and O–H groups in total. The van der Waals surface area contributed by atoms with Crippen LogP contribution in [-0.4, -0.2) is 36.5 Å².